The van der Waals surface area contributed by atoms with Gasteiger partial charge in [-0.05, 0) is 53.9 Å². The highest BCUT2D eigenvalue weighted by Gasteiger charge is 2.25. The summed E-state index contributed by atoms with van der Waals surface area (Å²) in [5.74, 6) is -3.29. The number of rotatable bonds is 6. The molecule has 0 aliphatic carbocycles. The Morgan fingerprint density at radius 1 is 1.09 bits per heavy atom. The van der Waals surface area contributed by atoms with Crippen molar-refractivity contribution in [1.29, 1.82) is 0 Å². The number of hydrogen-bond donors (Lipinski definition) is 2. The van der Waals surface area contributed by atoms with Gasteiger partial charge in [-0.25, -0.2) is 22.9 Å². The number of ether oxygens (including phenoxy) is 1. The molecule has 0 spiro atoms. The fourth-order valence-corrected chi connectivity index (χ4v) is 4.11. The summed E-state index contributed by atoms with van der Waals surface area (Å²) in [6.45, 7) is 0.859. The lowest BCUT2D eigenvalue weighted by atomic mass is 10.0. The Morgan fingerprint density at radius 2 is 1.88 bits per heavy atom. The number of benzene rings is 3. The normalized spacial score (nSPS) is 15.4. The molecule has 5 rings (SSSR count). The summed E-state index contributed by atoms with van der Waals surface area (Å²) in [4.78, 5) is 15.7. The Hall–Kier alpha value is -3.85. The van der Waals surface area contributed by atoms with Gasteiger partial charge in [0.1, 0.15) is 28.7 Å². The number of aromatic hydroxyl groups is 1. The molecule has 1 aliphatic heterocycles. The second-order valence-corrected chi connectivity index (χ2v) is 8.20. The van der Waals surface area contributed by atoms with Crippen molar-refractivity contribution in [1.82, 2.24) is 9.55 Å². The van der Waals surface area contributed by atoms with Crippen molar-refractivity contribution in [3.63, 3.8) is 0 Å². The van der Waals surface area contributed by atoms with Crippen LogP contribution in [0.1, 0.15) is 28.2 Å². The van der Waals surface area contributed by atoms with Gasteiger partial charge in [-0.15, -0.1) is 0 Å². The van der Waals surface area contributed by atoms with Crippen molar-refractivity contribution in [2.75, 3.05) is 6.61 Å². The fraction of sp³-hybridized carbons (Fsp3) is 0.200. The lowest BCUT2D eigenvalue weighted by Crippen LogP contribution is -2.31. The van der Waals surface area contributed by atoms with Crippen LogP contribution in [0.4, 0.5) is 13.2 Å². The van der Waals surface area contributed by atoms with Crippen molar-refractivity contribution in [2.24, 2.45) is 0 Å². The van der Waals surface area contributed by atoms with Crippen LogP contribution in [-0.4, -0.2) is 38.4 Å². The van der Waals surface area contributed by atoms with Gasteiger partial charge in [-0.2, -0.15) is 0 Å². The summed E-state index contributed by atoms with van der Waals surface area (Å²) in [5, 5.41) is 19.0. The highest BCUT2D eigenvalue weighted by Crippen LogP contribution is 2.30. The quantitative estimate of drug-likeness (QED) is 0.420. The SMILES string of the molecule is O=C(O)c1cc(F)c2nc(Cc3cc(F)c(-c4cccc(O)c4)cc3F)n(C[C@@H]3CCO3)c2c1. The lowest BCUT2D eigenvalue weighted by Gasteiger charge is -2.27. The molecule has 1 saturated heterocycles. The summed E-state index contributed by atoms with van der Waals surface area (Å²) in [6, 6.07) is 10.1. The number of carbonyl (C=O) groups is 1. The van der Waals surface area contributed by atoms with E-state index in [1.165, 1.54) is 24.3 Å². The van der Waals surface area contributed by atoms with Gasteiger partial charge in [-0.1, -0.05) is 12.1 Å². The predicted octanol–water partition coefficient (Wildman–Crippen LogP) is 4.90. The Kier molecular flexibility index (Phi) is 5.49. The molecule has 1 atom stereocenters. The van der Waals surface area contributed by atoms with Crippen molar-refractivity contribution < 1.29 is 32.9 Å². The Morgan fingerprint density at radius 3 is 2.56 bits per heavy atom. The van der Waals surface area contributed by atoms with Gasteiger partial charge in [0.05, 0.1) is 23.7 Å². The van der Waals surface area contributed by atoms with Gasteiger partial charge in [0.25, 0.3) is 0 Å². The van der Waals surface area contributed by atoms with Gasteiger partial charge < -0.3 is 19.5 Å². The van der Waals surface area contributed by atoms with E-state index in [1.54, 1.807) is 10.6 Å². The molecule has 0 amide bonds. The van der Waals surface area contributed by atoms with Crippen molar-refractivity contribution in [3.8, 4) is 16.9 Å². The summed E-state index contributed by atoms with van der Waals surface area (Å²) >= 11 is 0. The van der Waals surface area contributed by atoms with Gasteiger partial charge >= 0.3 is 5.97 Å². The third kappa shape index (κ3) is 3.99. The fourth-order valence-electron chi connectivity index (χ4n) is 4.11. The molecule has 0 bridgehead atoms. The first-order chi connectivity index (χ1) is 16.3. The number of imidazole rings is 1. The molecule has 9 heteroatoms. The maximum Gasteiger partial charge on any atom is 0.335 e. The summed E-state index contributed by atoms with van der Waals surface area (Å²) in [6.07, 6.45) is 0.455. The van der Waals surface area contributed by atoms with Crippen molar-refractivity contribution in [3.05, 3.63) is 82.9 Å². The second kappa shape index (κ2) is 8.49. The highest BCUT2D eigenvalue weighted by molar-refractivity contribution is 5.92. The first kappa shape index (κ1) is 22.0. The minimum atomic E-state index is -1.29. The molecular weight excluding hydrogens is 449 g/mol. The minimum absolute atomic E-state index is 0.00588. The number of aromatic nitrogens is 2. The lowest BCUT2D eigenvalue weighted by molar-refractivity contribution is -0.0589. The van der Waals surface area contributed by atoms with Crippen LogP contribution in [0.15, 0.2) is 48.5 Å². The molecule has 34 heavy (non-hydrogen) atoms. The zero-order valence-electron chi connectivity index (χ0n) is 17.8. The molecule has 1 aliphatic rings. The van der Waals surface area contributed by atoms with E-state index in [-0.39, 0.29) is 58.4 Å². The zero-order chi connectivity index (χ0) is 24.0. The zero-order valence-corrected chi connectivity index (χ0v) is 17.8. The monoisotopic (exact) mass is 468 g/mol. The van der Waals surface area contributed by atoms with Crippen LogP contribution in [0.2, 0.25) is 0 Å². The summed E-state index contributed by atoms with van der Waals surface area (Å²) in [7, 11) is 0. The molecule has 2 heterocycles. The molecule has 1 aromatic heterocycles. The average molecular weight is 468 g/mol. The van der Waals surface area contributed by atoms with Crippen LogP contribution < -0.4 is 0 Å². The minimum Gasteiger partial charge on any atom is -0.508 e. The van der Waals surface area contributed by atoms with E-state index in [0.29, 0.717) is 12.2 Å². The van der Waals surface area contributed by atoms with Gasteiger partial charge in [0.2, 0.25) is 0 Å². The average Bonchev–Trinajstić information content (AvgIpc) is 3.10. The Balaban J connectivity index is 1.58. The van der Waals surface area contributed by atoms with E-state index >= 15 is 4.39 Å². The molecular formula is C25H19F3N2O4. The smallest absolute Gasteiger partial charge is 0.335 e. The third-order valence-corrected chi connectivity index (χ3v) is 5.95. The second-order valence-electron chi connectivity index (χ2n) is 8.20. The molecule has 0 saturated carbocycles. The Bertz CT molecular complexity index is 1430. The van der Waals surface area contributed by atoms with Gasteiger partial charge in [0, 0.05) is 18.6 Å². The third-order valence-electron chi connectivity index (χ3n) is 5.95. The largest absolute Gasteiger partial charge is 0.508 e. The number of phenols is 1. The molecule has 0 unspecified atom stereocenters. The first-order valence-electron chi connectivity index (χ1n) is 10.6. The van der Waals surface area contributed by atoms with E-state index < -0.39 is 23.4 Å². The molecule has 2 N–H and O–H groups in total. The first-order valence-corrected chi connectivity index (χ1v) is 10.6. The molecule has 3 aromatic carbocycles. The maximum absolute atomic E-state index is 15.0. The van der Waals surface area contributed by atoms with Crippen LogP contribution in [0, 0.1) is 17.5 Å². The number of carboxylic acids is 1. The summed E-state index contributed by atoms with van der Waals surface area (Å²) in [5.41, 5.74) is 0.286. The molecule has 0 radical (unpaired) electrons. The number of halogens is 3. The topological polar surface area (TPSA) is 84.6 Å². The van der Waals surface area contributed by atoms with Crippen LogP contribution in [0.3, 0.4) is 0 Å². The summed E-state index contributed by atoms with van der Waals surface area (Å²) < 4.78 is 51.7. The molecule has 6 nitrogen and oxygen atoms in total. The number of hydrogen-bond acceptors (Lipinski definition) is 4. The van der Waals surface area contributed by atoms with E-state index in [4.69, 9.17) is 4.74 Å². The van der Waals surface area contributed by atoms with E-state index in [9.17, 15) is 23.8 Å². The Labute approximate surface area is 191 Å². The molecule has 4 aromatic rings. The number of aromatic carboxylic acids is 1. The van der Waals surface area contributed by atoms with Crippen molar-refractivity contribution >= 4 is 17.0 Å². The van der Waals surface area contributed by atoms with Gasteiger partial charge in [-0.3, -0.25) is 0 Å². The van der Waals surface area contributed by atoms with E-state index in [0.717, 1.165) is 24.6 Å². The highest BCUT2D eigenvalue weighted by atomic mass is 19.1. The number of phenolic OH excluding ortho intramolecular Hbond substituents is 1. The van der Waals surface area contributed by atoms with E-state index in [1.807, 2.05) is 0 Å². The van der Waals surface area contributed by atoms with Crippen LogP contribution in [0.25, 0.3) is 22.2 Å². The standard InChI is InChI=1S/C25H19F3N2O4/c26-19-11-18(13-2-1-3-16(31)6-13)20(27)7-14(19)10-23-29-24-21(28)8-15(25(32)33)9-22(24)30(23)12-17-4-5-34-17/h1-3,6-9,11,17,31H,4-5,10,12H2,(H,32,33)/t17-/m0/s1. The number of carboxylic acid groups (broad SMARTS) is 1. The van der Waals surface area contributed by atoms with Gasteiger partial charge in [0.15, 0.2) is 5.82 Å². The predicted molar refractivity (Wildman–Crippen MR) is 117 cm³/mol. The van der Waals surface area contributed by atoms with Crippen LogP contribution >= 0.6 is 0 Å². The maximum atomic E-state index is 15.0. The van der Waals surface area contributed by atoms with Crippen LogP contribution in [-0.2, 0) is 17.7 Å². The van der Waals surface area contributed by atoms with Crippen molar-refractivity contribution in [2.45, 2.75) is 25.5 Å². The van der Waals surface area contributed by atoms with E-state index in [2.05, 4.69) is 4.98 Å². The molecule has 1 fully saturated rings. The van der Waals surface area contributed by atoms with Crippen LogP contribution in [0.5, 0.6) is 5.75 Å². The number of nitrogens with zero attached hydrogens (tertiary/aromatic N) is 2. The number of fused-ring (bicyclic) bond motifs is 1. The molecule has 174 valence electrons.